The van der Waals surface area contributed by atoms with Crippen molar-refractivity contribution in [2.75, 3.05) is 20.1 Å². The second-order valence-electron chi connectivity index (χ2n) is 5.53. The number of phenols is 1. The first kappa shape index (κ1) is 16.8. The Hall–Kier alpha value is -1.55. The SMILES string of the molecule is CN(CCCNCc1ccc(O)cc1Cl)Cc1ccccc1. The fraction of sp³-hybridized carbons (Fsp3) is 0.333. The third-order valence-electron chi connectivity index (χ3n) is 3.54. The predicted octanol–water partition coefficient (Wildman–Crippen LogP) is 3.66. The van der Waals surface area contributed by atoms with Gasteiger partial charge in [-0.3, -0.25) is 0 Å². The number of phenolic OH excluding ortho intramolecular Hbond substituents is 1. The standard InChI is InChI=1S/C18H23ClN2O/c1-21(14-15-6-3-2-4-7-15)11-5-10-20-13-16-8-9-17(22)12-18(16)19/h2-4,6-9,12,20,22H,5,10-11,13-14H2,1H3. The van der Waals surface area contributed by atoms with Crippen LogP contribution in [0.1, 0.15) is 17.5 Å². The Morgan fingerprint density at radius 3 is 2.64 bits per heavy atom. The molecular formula is C18H23ClN2O. The van der Waals surface area contributed by atoms with E-state index in [0.717, 1.165) is 38.2 Å². The fourth-order valence-corrected chi connectivity index (χ4v) is 2.59. The number of aromatic hydroxyl groups is 1. The van der Waals surface area contributed by atoms with Crippen LogP contribution in [0, 0.1) is 0 Å². The summed E-state index contributed by atoms with van der Waals surface area (Å²) in [6.45, 7) is 3.69. The Kier molecular flexibility index (Phi) is 6.72. The zero-order chi connectivity index (χ0) is 15.8. The first-order valence-electron chi connectivity index (χ1n) is 7.56. The summed E-state index contributed by atoms with van der Waals surface area (Å²) in [5.74, 6) is 0.205. The van der Waals surface area contributed by atoms with Crippen LogP contribution in [-0.4, -0.2) is 30.1 Å². The lowest BCUT2D eigenvalue weighted by Gasteiger charge is -2.16. The van der Waals surface area contributed by atoms with Crippen LogP contribution in [-0.2, 0) is 13.1 Å². The van der Waals surface area contributed by atoms with Crippen molar-refractivity contribution in [2.45, 2.75) is 19.5 Å². The maximum atomic E-state index is 9.32. The van der Waals surface area contributed by atoms with Crippen LogP contribution in [0.15, 0.2) is 48.5 Å². The normalized spacial score (nSPS) is 11.0. The van der Waals surface area contributed by atoms with E-state index in [1.165, 1.54) is 5.56 Å². The highest BCUT2D eigenvalue weighted by Crippen LogP contribution is 2.21. The monoisotopic (exact) mass is 318 g/mol. The van der Waals surface area contributed by atoms with Gasteiger partial charge in [0.25, 0.3) is 0 Å². The Balaban J connectivity index is 1.63. The molecule has 0 spiro atoms. The molecule has 2 N–H and O–H groups in total. The average molecular weight is 319 g/mol. The molecule has 4 heteroatoms. The van der Waals surface area contributed by atoms with Gasteiger partial charge in [0.1, 0.15) is 5.75 Å². The number of benzene rings is 2. The van der Waals surface area contributed by atoms with Gasteiger partial charge in [0.2, 0.25) is 0 Å². The van der Waals surface area contributed by atoms with Gasteiger partial charge in [0, 0.05) is 18.1 Å². The minimum atomic E-state index is 0.205. The molecule has 0 fully saturated rings. The molecule has 22 heavy (non-hydrogen) atoms. The average Bonchev–Trinajstić information content (AvgIpc) is 2.50. The lowest BCUT2D eigenvalue weighted by Crippen LogP contribution is -2.23. The molecule has 0 radical (unpaired) electrons. The van der Waals surface area contributed by atoms with Crippen LogP contribution in [0.3, 0.4) is 0 Å². The summed E-state index contributed by atoms with van der Waals surface area (Å²) in [4.78, 5) is 2.32. The lowest BCUT2D eigenvalue weighted by atomic mass is 10.2. The number of rotatable bonds is 8. The first-order chi connectivity index (χ1) is 10.6. The molecule has 0 aliphatic carbocycles. The van der Waals surface area contributed by atoms with Crippen LogP contribution in [0.25, 0.3) is 0 Å². The molecule has 0 atom stereocenters. The molecule has 0 saturated heterocycles. The van der Waals surface area contributed by atoms with E-state index < -0.39 is 0 Å². The van der Waals surface area contributed by atoms with Gasteiger partial charge in [-0.25, -0.2) is 0 Å². The van der Waals surface area contributed by atoms with Crippen LogP contribution in [0.2, 0.25) is 5.02 Å². The zero-order valence-electron chi connectivity index (χ0n) is 12.9. The molecule has 0 unspecified atom stereocenters. The second-order valence-corrected chi connectivity index (χ2v) is 5.94. The highest BCUT2D eigenvalue weighted by Gasteiger charge is 2.02. The topological polar surface area (TPSA) is 35.5 Å². The highest BCUT2D eigenvalue weighted by atomic mass is 35.5. The third-order valence-corrected chi connectivity index (χ3v) is 3.89. The van der Waals surface area contributed by atoms with Crippen LogP contribution in [0.4, 0.5) is 0 Å². The van der Waals surface area contributed by atoms with Gasteiger partial charge < -0.3 is 15.3 Å². The summed E-state index contributed by atoms with van der Waals surface area (Å²) < 4.78 is 0. The maximum Gasteiger partial charge on any atom is 0.117 e. The molecule has 0 bridgehead atoms. The van der Waals surface area contributed by atoms with Crippen molar-refractivity contribution in [1.82, 2.24) is 10.2 Å². The van der Waals surface area contributed by atoms with Crippen molar-refractivity contribution in [1.29, 1.82) is 0 Å². The van der Waals surface area contributed by atoms with Gasteiger partial charge in [-0.2, -0.15) is 0 Å². The van der Waals surface area contributed by atoms with Crippen LogP contribution >= 0.6 is 11.6 Å². The van der Waals surface area contributed by atoms with E-state index in [0.29, 0.717) is 5.02 Å². The smallest absolute Gasteiger partial charge is 0.117 e. The van der Waals surface area contributed by atoms with Crippen molar-refractivity contribution < 1.29 is 5.11 Å². The molecule has 0 amide bonds. The zero-order valence-corrected chi connectivity index (χ0v) is 13.7. The second kappa shape index (κ2) is 8.79. The molecule has 0 aromatic heterocycles. The van der Waals surface area contributed by atoms with Crippen molar-refractivity contribution >= 4 is 11.6 Å². The van der Waals surface area contributed by atoms with Gasteiger partial charge in [-0.05, 0) is 49.8 Å². The Labute approximate surface area is 137 Å². The molecule has 118 valence electrons. The van der Waals surface area contributed by atoms with Gasteiger partial charge in [0.05, 0.1) is 0 Å². The van der Waals surface area contributed by atoms with Crippen molar-refractivity contribution in [3.63, 3.8) is 0 Å². The number of halogens is 1. The summed E-state index contributed by atoms with van der Waals surface area (Å²) in [7, 11) is 2.14. The van der Waals surface area contributed by atoms with E-state index >= 15 is 0 Å². The highest BCUT2D eigenvalue weighted by molar-refractivity contribution is 6.31. The maximum absolute atomic E-state index is 9.32. The number of hydrogen-bond donors (Lipinski definition) is 2. The molecule has 0 aliphatic rings. The summed E-state index contributed by atoms with van der Waals surface area (Å²) in [5, 5.41) is 13.3. The molecule has 0 heterocycles. The van der Waals surface area contributed by atoms with Crippen molar-refractivity contribution in [2.24, 2.45) is 0 Å². The predicted molar refractivity (Wildman–Crippen MR) is 92.2 cm³/mol. The molecule has 0 aliphatic heterocycles. The van der Waals surface area contributed by atoms with E-state index in [1.807, 2.05) is 12.1 Å². The van der Waals surface area contributed by atoms with E-state index in [-0.39, 0.29) is 5.75 Å². The Morgan fingerprint density at radius 1 is 1.14 bits per heavy atom. The molecule has 2 rings (SSSR count). The summed E-state index contributed by atoms with van der Waals surface area (Å²) in [6.07, 6.45) is 1.08. The van der Waals surface area contributed by atoms with E-state index in [9.17, 15) is 5.11 Å². The number of hydrogen-bond acceptors (Lipinski definition) is 3. The van der Waals surface area contributed by atoms with E-state index in [2.05, 4.69) is 41.5 Å². The number of nitrogens with zero attached hydrogens (tertiary/aromatic N) is 1. The first-order valence-corrected chi connectivity index (χ1v) is 7.93. The van der Waals surface area contributed by atoms with Crippen LogP contribution < -0.4 is 5.32 Å². The van der Waals surface area contributed by atoms with Gasteiger partial charge in [0.15, 0.2) is 0 Å². The Bertz CT molecular complexity index is 575. The summed E-state index contributed by atoms with van der Waals surface area (Å²) in [5.41, 5.74) is 2.35. The van der Waals surface area contributed by atoms with Gasteiger partial charge in [-0.1, -0.05) is 48.0 Å². The summed E-state index contributed by atoms with van der Waals surface area (Å²) in [6, 6.07) is 15.6. The summed E-state index contributed by atoms with van der Waals surface area (Å²) >= 11 is 6.07. The van der Waals surface area contributed by atoms with Gasteiger partial charge >= 0.3 is 0 Å². The molecule has 2 aromatic rings. The lowest BCUT2D eigenvalue weighted by molar-refractivity contribution is 0.319. The number of nitrogens with one attached hydrogen (secondary N) is 1. The van der Waals surface area contributed by atoms with Crippen molar-refractivity contribution in [3.8, 4) is 5.75 Å². The van der Waals surface area contributed by atoms with E-state index in [4.69, 9.17) is 11.6 Å². The van der Waals surface area contributed by atoms with E-state index in [1.54, 1.807) is 12.1 Å². The quantitative estimate of drug-likeness (QED) is 0.729. The van der Waals surface area contributed by atoms with Gasteiger partial charge in [-0.15, -0.1) is 0 Å². The molecular weight excluding hydrogens is 296 g/mol. The van der Waals surface area contributed by atoms with Crippen molar-refractivity contribution in [3.05, 3.63) is 64.7 Å². The fourth-order valence-electron chi connectivity index (χ4n) is 2.35. The minimum Gasteiger partial charge on any atom is -0.508 e. The minimum absolute atomic E-state index is 0.205. The largest absolute Gasteiger partial charge is 0.508 e. The molecule has 0 saturated carbocycles. The Morgan fingerprint density at radius 2 is 1.91 bits per heavy atom. The molecule has 2 aromatic carbocycles. The third kappa shape index (κ3) is 5.68. The molecule has 3 nitrogen and oxygen atoms in total. The van der Waals surface area contributed by atoms with Crippen LogP contribution in [0.5, 0.6) is 5.75 Å².